The minimum atomic E-state index is -0.149. The lowest BCUT2D eigenvalue weighted by molar-refractivity contribution is -0.115. The monoisotopic (exact) mass is 460 g/mol. The highest BCUT2D eigenvalue weighted by Gasteiger charge is 2.04. The second-order valence-corrected chi connectivity index (χ2v) is 5.81. The highest BCUT2D eigenvalue weighted by atomic mass is 127. The Morgan fingerprint density at radius 3 is 2.79 bits per heavy atom. The number of carbonyl (C=O) groups excluding carboxylic acids is 1. The third-order valence-corrected chi connectivity index (χ3v) is 3.72. The first-order valence-corrected chi connectivity index (χ1v) is 8.89. The van der Waals surface area contributed by atoms with Gasteiger partial charge in [0, 0.05) is 24.8 Å². The first-order valence-electron chi connectivity index (χ1n) is 7.49. The Kier molecular flexibility index (Phi) is 13.2. The van der Waals surface area contributed by atoms with Crippen molar-refractivity contribution in [1.82, 2.24) is 10.6 Å². The molecule has 0 atom stereocenters. The highest BCUT2D eigenvalue weighted by molar-refractivity contribution is 14.0. The number of hydrogen-bond donors (Lipinski definition) is 3. The maximum atomic E-state index is 11.9. The molecule has 0 spiro atoms. The van der Waals surface area contributed by atoms with Gasteiger partial charge in [-0.3, -0.25) is 9.79 Å². The van der Waals surface area contributed by atoms with E-state index in [-0.39, 0.29) is 36.4 Å². The number of unbranched alkanes of at least 4 members (excludes halogenated alkanes) is 1. The molecule has 0 heterocycles. The van der Waals surface area contributed by atoms with Gasteiger partial charge < -0.3 is 16.0 Å². The highest BCUT2D eigenvalue weighted by Crippen LogP contribution is 2.09. The Balaban J connectivity index is 0.00000529. The SMILES string of the molecule is C#Cc1cccc(NC(=O)CNC(=NC)NCCCCSC)c1.I. The molecule has 0 radical (unpaired) electrons. The molecule has 7 heteroatoms. The van der Waals surface area contributed by atoms with Crippen molar-refractivity contribution in [1.29, 1.82) is 0 Å². The number of halogens is 1. The van der Waals surface area contributed by atoms with Crippen LogP contribution >= 0.6 is 35.7 Å². The van der Waals surface area contributed by atoms with E-state index in [1.54, 1.807) is 19.2 Å². The summed E-state index contributed by atoms with van der Waals surface area (Å²) in [6, 6.07) is 7.19. The fraction of sp³-hybridized carbons (Fsp3) is 0.412. The van der Waals surface area contributed by atoms with Gasteiger partial charge in [-0.05, 0) is 43.0 Å². The lowest BCUT2D eigenvalue weighted by atomic mass is 10.2. The van der Waals surface area contributed by atoms with Crippen molar-refractivity contribution in [3.63, 3.8) is 0 Å². The third-order valence-electron chi connectivity index (χ3n) is 3.02. The number of nitrogens with zero attached hydrogens (tertiary/aromatic N) is 1. The molecule has 0 fully saturated rings. The Morgan fingerprint density at radius 1 is 1.33 bits per heavy atom. The minimum absolute atomic E-state index is 0. The van der Waals surface area contributed by atoms with E-state index < -0.39 is 0 Å². The van der Waals surface area contributed by atoms with Crippen molar-refractivity contribution in [3.8, 4) is 12.3 Å². The molecule has 24 heavy (non-hydrogen) atoms. The molecule has 1 amide bonds. The summed E-state index contributed by atoms with van der Waals surface area (Å²) in [5.41, 5.74) is 1.42. The molecule has 1 aromatic rings. The molecule has 0 unspecified atom stereocenters. The van der Waals surface area contributed by atoms with Crippen molar-refractivity contribution in [3.05, 3.63) is 29.8 Å². The number of terminal acetylenes is 1. The molecule has 5 nitrogen and oxygen atoms in total. The topological polar surface area (TPSA) is 65.5 Å². The van der Waals surface area contributed by atoms with Crippen LogP contribution in [-0.4, -0.2) is 44.0 Å². The van der Waals surface area contributed by atoms with Crippen molar-refractivity contribution in [2.24, 2.45) is 4.99 Å². The van der Waals surface area contributed by atoms with Crippen molar-refractivity contribution in [2.45, 2.75) is 12.8 Å². The van der Waals surface area contributed by atoms with E-state index in [1.807, 2.05) is 23.9 Å². The Morgan fingerprint density at radius 2 is 2.12 bits per heavy atom. The van der Waals surface area contributed by atoms with Gasteiger partial charge in [-0.2, -0.15) is 11.8 Å². The molecule has 0 aliphatic carbocycles. The summed E-state index contributed by atoms with van der Waals surface area (Å²) in [7, 11) is 1.69. The molecular formula is C17H25IN4OS. The second-order valence-electron chi connectivity index (χ2n) is 4.83. The van der Waals surface area contributed by atoms with Gasteiger partial charge in [0.05, 0.1) is 6.54 Å². The number of carbonyl (C=O) groups is 1. The smallest absolute Gasteiger partial charge is 0.243 e. The standard InChI is InChI=1S/C17H24N4OS.HI/c1-4-14-8-7-9-15(12-14)21-16(22)13-20-17(18-2)19-10-5-6-11-23-3;/h1,7-9,12H,5-6,10-11,13H2,2-3H3,(H,21,22)(H2,18,19,20);1H. The number of benzene rings is 1. The Labute approximate surface area is 165 Å². The summed E-state index contributed by atoms with van der Waals surface area (Å²) in [4.78, 5) is 16.0. The van der Waals surface area contributed by atoms with Crippen LogP contribution in [0.4, 0.5) is 5.69 Å². The normalized spacial score (nSPS) is 10.3. The molecule has 1 rings (SSSR count). The van der Waals surface area contributed by atoms with E-state index in [0.29, 0.717) is 11.6 Å². The van der Waals surface area contributed by atoms with Crippen LogP contribution in [0.3, 0.4) is 0 Å². The van der Waals surface area contributed by atoms with Gasteiger partial charge in [0.25, 0.3) is 0 Å². The number of nitrogens with one attached hydrogen (secondary N) is 3. The molecule has 0 aliphatic rings. The van der Waals surface area contributed by atoms with Gasteiger partial charge in [-0.25, -0.2) is 0 Å². The summed E-state index contributed by atoms with van der Waals surface area (Å²) >= 11 is 1.84. The number of thioether (sulfide) groups is 1. The molecule has 0 bridgehead atoms. The number of hydrogen-bond acceptors (Lipinski definition) is 3. The molecule has 3 N–H and O–H groups in total. The quantitative estimate of drug-likeness (QED) is 0.184. The Bertz CT molecular complexity index is 572. The minimum Gasteiger partial charge on any atom is -0.356 e. The van der Waals surface area contributed by atoms with Crippen LogP contribution < -0.4 is 16.0 Å². The molecule has 0 saturated carbocycles. The first-order chi connectivity index (χ1) is 11.2. The molecular weight excluding hydrogens is 435 g/mol. The van der Waals surface area contributed by atoms with Crippen LogP contribution in [0.1, 0.15) is 18.4 Å². The third kappa shape index (κ3) is 9.67. The van der Waals surface area contributed by atoms with Crippen LogP contribution in [0.25, 0.3) is 0 Å². The average molecular weight is 460 g/mol. The fourth-order valence-electron chi connectivity index (χ4n) is 1.85. The maximum absolute atomic E-state index is 11.9. The van der Waals surface area contributed by atoms with E-state index in [0.717, 1.165) is 30.7 Å². The number of guanidine groups is 1. The summed E-state index contributed by atoms with van der Waals surface area (Å²) in [6.45, 7) is 0.983. The van der Waals surface area contributed by atoms with Crippen LogP contribution in [0.5, 0.6) is 0 Å². The van der Waals surface area contributed by atoms with Gasteiger partial charge in [-0.15, -0.1) is 30.4 Å². The van der Waals surface area contributed by atoms with E-state index >= 15 is 0 Å². The predicted octanol–water partition coefficient (Wildman–Crippen LogP) is 2.53. The van der Waals surface area contributed by atoms with E-state index in [2.05, 4.69) is 33.1 Å². The zero-order valence-corrected chi connectivity index (χ0v) is 17.2. The molecule has 1 aromatic carbocycles. The van der Waals surface area contributed by atoms with Crippen molar-refractivity contribution >= 4 is 53.3 Å². The number of amides is 1. The van der Waals surface area contributed by atoms with Gasteiger partial charge in [-0.1, -0.05) is 12.0 Å². The second kappa shape index (κ2) is 14.0. The maximum Gasteiger partial charge on any atom is 0.243 e. The zero-order chi connectivity index (χ0) is 16.9. The van der Waals surface area contributed by atoms with Crippen molar-refractivity contribution < 1.29 is 4.79 Å². The molecule has 0 aromatic heterocycles. The van der Waals surface area contributed by atoms with Gasteiger partial charge in [0.15, 0.2) is 5.96 Å². The Hall–Kier alpha value is -1.40. The molecule has 0 aliphatic heterocycles. The van der Waals surface area contributed by atoms with Crippen LogP contribution in [-0.2, 0) is 4.79 Å². The first kappa shape index (κ1) is 22.6. The number of anilines is 1. The number of aliphatic imine (C=N–C) groups is 1. The number of rotatable bonds is 8. The van der Waals surface area contributed by atoms with Gasteiger partial charge in [0.1, 0.15) is 0 Å². The van der Waals surface area contributed by atoms with E-state index in [4.69, 9.17) is 6.42 Å². The summed E-state index contributed by atoms with van der Waals surface area (Å²) < 4.78 is 0. The zero-order valence-electron chi connectivity index (χ0n) is 14.1. The van der Waals surface area contributed by atoms with Crippen LogP contribution in [0, 0.1) is 12.3 Å². The molecule has 0 saturated heterocycles. The average Bonchev–Trinajstić information content (AvgIpc) is 2.57. The lowest BCUT2D eigenvalue weighted by Crippen LogP contribution is -2.41. The molecule has 132 valence electrons. The summed E-state index contributed by atoms with van der Waals surface area (Å²) in [5, 5.41) is 8.98. The summed E-state index contributed by atoms with van der Waals surface area (Å²) in [5.74, 6) is 4.18. The van der Waals surface area contributed by atoms with Gasteiger partial charge in [0.2, 0.25) is 5.91 Å². The summed E-state index contributed by atoms with van der Waals surface area (Å²) in [6.07, 6.45) is 9.69. The van der Waals surface area contributed by atoms with E-state index in [1.165, 1.54) is 0 Å². The van der Waals surface area contributed by atoms with Crippen LogP contribution in [0.2, 0.25) is 0 Å². The lowest BCUT2D eigenvalue weighted by Gasteiger charge is -2.12. The van der Waals surface area contributed by atoms with Gasteiger partial charge >= 0.3 is 0 Å². The van der Waals surface area contributed by atoms with Crippen LogP contribution in [0.15, 0.2) is 29.3 Å². The van der Waals surface area contributed by atoms with Crippen molar-refractivity contribution in [2.75, 3.05) is 37.5 Å². The van der Waals surface area contributed by atoms with E-state index in [9.17, 15) is 4.79 Å². The largest absolute Gasteiger partial charge is 0.356 e. The predicted molar refractivity (Wildman–Crippen MR) is 115 cm³/mol. The fourth-order valence-corrected chi connectivity index (χ4v) is 2.35.